The van der Waals surface area contributed by atoms with Crippen molar-refractivity contribution < 1.29 is 22.1 Å². The number of carbonyl (C=O) groups is 1. The highest BCUT2D eigenvalue weighted by molar-refractivity contribution is 7.86. The number of fused-ring (bicyclic) bond motifs is 1. The van der Waals surface area contributed by atoms with Gasteiger partial charge in [-0.2, -0.15) is 8.42 Å². The summed E-state index contributed by atoms with van der Waals surface area (Å²) in [6, 6.07) is 17.0. The third-order valence-corrected chi connectivity index (χ3v) is 7.69. The predicted molar refractivity (Wildman–Crippen MR) is 141 cm³/mol. The van der Waals surface area contributed by atoms with Gasteiger partial charge in [0.1, 0.15) is 6.23 Å². The largest absolute Gasteiger partial charge is 0.399 e. The third kappa shape index (κ3) is 5.90. The summed E-state index contributed by atoms with van der Waals surface area (Å²) in [4.78, 5) is 15.5. The Bertz CT molecular complexity index is 1360. The number of rotatable bonds is 7. The molecular weight excluding hydrogens is 500 g/mol. The minimum atomic E-state index is -3.91. The SMILES string of the molecule is Cc1ccc(S(=O)(=O)OCCOC2CCCc3cc(Cl)ccc3N2C(=O)c2ccc(N)cc2C)cc1. The Morgan fingerprint density at radius 1 is 1.06 bits per heavy atom. The molecule has 1 amide bonds. The second-order valence-corrected chi connectivity index (χ2v) is 10.9. The molecule has 2 N–H and O–H groups in total. The van der Waals surface area contributed by atoms with E-state index in [9.17, 15) is 13.2 Å². The lowest BCUT2D eigenvalue weighted by Gasteiger charge is -2.32. The van der Waals surface area contributed by atoms with Crippen molar-refractivity contribution in [2.75, 3.05) is 23.8 Å². The van der Waals surface area contributed by atoms with Gasteiger partial charge in [-0.05, 0) is 92.8 Å². The average Bonchev–Trinajstić information content (AvgIpc) is 3.00. The van der Waals surface area contributed by atoms with Gasteiger partial charge in [0, 0.05) is 22.0 Å². The predicted octanol–water partition coefficient (Wildman–Crippen LogP) is 5.27. The first-order valence-corrected chi connectivity index (χ1v) is 13.5. The zero-order valence-electron chi connectivity index (χ0n) is 20.2. The van der Waals surface area contributed by atoms with Gasteiger partial charge in [-0.25, -0.2) is 0 Å². The van der Waals surface area contributed by atoms with Gasteiger partial charge in [0.05, 0.1) is 18.1 Å². The molecular formula is C27H29ClN2O5S. The molecule has 1 atom stereocenters. The number of nitrogen functional groups attached to an aromatic ring is 1. The molecule has 190 valence electrons. The standard InChI is InChI=1S/C27H29ClN2O5S/c1-18-6-10-23(11-7-18)36(32,33)35-15-14-34-26-5-3-4-20-17-21(28)8-13-25(20)30(26)27(31)24-12-9-22(29)16-19(24)2/h6-13,16-17,26H,3-5,14-15,29H2,1-2H3. The maximum atomic E-state index is 13.8. The number of nitrogens with zero attached hydrogens (tertiary/aromatic N) is 1. The molecule has 0 spiro atoms. The van der Waals surface area contributed by atoms with Crippen LogP contribution in [0, 0.1) is 13.8 Å². The molecule has 4 rings (SSSR count). The van der Waals surface area contributed by atoms with E-state index in [0.717, 1.165) is 35.2 Å². The van der Waals surface area contributed by atoms with E-state index in [4.69, 9.17) is 26.3 Å². The fourth-order valence-corrected chi connectivity index (χ4v) is 5.38. The van der Waals surface area contributed by atoms with Crippen LogP contribution in [0.3, 0.4) is 0 Å². The highest BCUT2D eigenvalue weighted by Gasteiger charge is 2.32. The Kier molecular flexibility index (Phi) is 8.00. The van der Waals surface area contributed by atoms with Crippen molar-refractivity contribution >= 4 is 39.0 Å². The smallest absolute Gasteiger partial charge is 0.297 e. The van der Waals surface area contributed by atoms with E-state index in [-0.39, 0.29) is 24.0 Å². The van der Waals surface area contributed by atoms with Crippen LogP contribution in [-0.2, 0) is 25.5 Å². The van der Waals surface area contributed by atoms with E-state index in [1.54, 1.807) is 41.3 Å². The second kappa shape index (κ2) is 11.0. The molecule has 3 aromatic rings. The number of anilines is 2. The first-order valence-electron chi connectivity index (χ1n) is 11.7. The van der Waals surface area contributed by atoms with Gasteiger partial charge in [0.15, 0.2) is 0 Å². The van der Waals surface area contributed by atoms with Gasteiger partial charge in [-0.15, -0.1) is 0 Å². The van der Waals surface area contributed by atoms with Crippen molar-refractivity contribution in [3.05, 3.63) is 87.9 Å². The Labute approximate surface area is 216 Å². The van der Waals surface area contributed by atoms with Gasteiger partial charge in [-0.3, -0.25) is 13.9 Å². The summed E-state index contributed by atoms with van der Waals surface area (Å²) in [5.74, 6) is -0.226. The number of halogens is 1. The molecule has 0 bridgehead atoms. The molecule has 1 aliphatic rings. The lowest BCUT2D eigenvalue weighted by molar-refractivity contribution is 0.0267. The molecule has 0 saturated carbocycles. The molecule has 0 saturated heterocycles. The molecule has 36 heavy (non-hydrogen) atoms. The minimum absolute atomic E-state index is 0.0107. The molecule has 1 heterocycles. The maximum Gasteiger partial charge on any atom is 0.297 e. The van der Waals surface area contributed by atoms with E-state index in [0.29, 0.717) is 22.7 Å². The van der Waals surface area contributed by atoms with E-state index in [1.165, 1.54) is 12.1 Å². The van der Waals surface area contributed by atoms with E-state index in [2.05, 4.69) is 0 Å². The summed E-state index contributed by atoms with van der Waals surface area (Å²) in [5.41, 5.74) is 10.4. The lowest BCUT2D eigenvalue weighted by atomic mass is 10.0. The molecule has 0 radical (unpaired) electrons. The first kappa shape index (κ1) is 26.2. The number of nitrogens with two attached hydrogens (primary N) is 1. The summed E-state index contributed by atoms with van der Waals surface area (Å²) < 4.78 is 36.3. The van der Waals surface area contributed by atoms with Crippen LogP contribution in [0.25, 0.3) is 0 Å². The summed E-state index contributed by atoms with van der Waals surface area (Å²) in [5, 5.41) is 0.596. The van der Waals surface area contributed by atoms with E-state index < -0.39 is 16.3 Å². The summed E-state index contributed by atoms with van der Waals surface area (Å²) in [7, 11) is -3.91. The van der Waals surface area contributed by atoms with E-state index >= 15 is 0 Å². The number of ether oxygens (including phenoxy) is 1. The lowest BCUT2D eigenvalue weighted by Crippen LogP contribution is -2.43. The molecule has 0 aromatic heterocycles. The third-order valence-electron chi connectivity index (χ3n) is 6.13. The second-order valence-electron chi connectivity index (χ2n) is 8.83. The molecule has 1 aliphatic heterocycles. The van der Waals surface area contributed by atoms with Crippen LogP contribution < -0.4 is 10.6 Å². The van der Waals surface area contributed by atoms with Gasteiger partial charge >= 0.3 is 0 Å². The van der Waals surface area contributed by atoms with Crippen LogP contribution in [-0.4, -0.2) is 33.8 Å². The maximum absolute atomic E-state index is 13.8. The van der Waals surface area contributed by atoms with Crippen LogP contribution in [0.2, 0.25) is 5.02 Å². The molecule has 1 unspecified atom stereocenters. The molecule has 0 aliphatic carbocycles. The Morgan fingerprint density at radius 3 is 2.53 bits per heavy atom. The summed E-state index contributed by atoms with van der Waals surface area (Å²) in [6.07, 6.45) is 1.46. The van der Waals surface area contributed by atoms with Gasteiger partial charge in [0.25, 0.3) is 16.0 Å². The van der Waals surface area contributed by atoms with Gasteiger partial charge in [0.2, 0.25) is 0 Å². The Hall–Kier alpha value is -2.91. The number of hydrogen-bond donors (Lipinski definition) is 1. The van der Waals surface area contributed by atoms with Crippen molar-refractivity contribution in [2.45, 2.75) is 44.2 Å². The highest BCUT2D eigenvalue weighted by atomic mass is 35.5. The number of benzene rings is 3. The highest BCUT2D eigenvalue weighted by Crippen LogP contribution is 2.34. The molecule has 9 heteroatoms. The Balaban J connectivity index is 1.54. The van der Waals surface area contributed by atoms with E-state index in [1.807, 2.05) is 26.0 Å². The minimum Gasteiger partial charge on any atom is -0.399 e. The summed E-state index contributed by atoms with van der Waals surface area (Å²) >= 11 is 6.24. The Morgan fingerprint density at radius 2 is 1.81 bits per heavy atom. The number of amides is 1. The zero-order valence-corrected chi connectivity index (χ0v) is 21.8. The molecule has 3 aromatic carbocycles. The van der Waals surface area contributed by atoms with Crippen LogP contribution in [0.15, 0.2) is 65.6 Å². The number of carbonyl (C=O) groups excluding carboxylic acids is 1. The van der Waals surface area contributed by atoms with Crippen molar-refractivity contribution in [3.8, 4) is 0 Å². The average molecular weight is 529 g/mol. The van der Waals surface area contributed by atoms with Crippen molar-refractivity contribution in [2.24, 2.45) is 0 Å². The first-order chi connectivity index (χ1) is 17.2. The fourth-order valence-electron chi connectivity index (χ4n) is 4.30. The molecule has 7 nitrogen and oxygen atoms in total. The monoisotopic (exact) mass is 528 g/mol. The zero-order chi connectivity index (χ0) is 25.9. The fraction of sp³-hybridized carbons (Fsp3) is 0.296. The van der Waals surface area contributed by atoms with Crippen LogP contribution in [0.4, 0.5) is 11.4 Å². The van der Waals surface area contributed by atoms with Gasteiger partial charge in [-0.1, -0.05) is 29.3 Å². The normalized spacial score (nSPS) is 15.9. The molecule has 0 fully saturated rings. The topological polar surface area (TPSA) is 98.9 Å². The summed E-state index contributed by atoms with van der Waals surface area (Å²) in [6.45, 7) is 3.53. The van der Waals surface area contributed by atoms with Gasteiger partial charge < -0.3 is 10.5 Å². The van der Waals surface area contributed by atoms with Crippen LogP contribution in [0.1, 0.15) is 39.9 Å². The van der Waals surface area contributed by atoms with Crippen molar-refractivity contribution in [1.29, 1.82) is 0 Å². The van der Waals surface area contributed by atoms with Crippen LogP contribution in [0.5, 0.6) is 0 Å². The quantitative estimate of drug-likeness (QED) is 0.255. The number of hydrogen-bond acceptors (Lipinski definition) is 6. The van der Waals surface area contributed by atoms with Crippen LogP contribution >= 0.6 is 11.6 Å². The van der Waals surface area contributed by atoms with Crippen molar-refractivity contribution in [3.63, 3.8) is 0 Å². The van der Waals surface area contributed by atoms with Crippen molar-refractivity contribution in [1.82, 2.24) is 0 Å². The number of aryl methyl sites for hydroxylation is 3.